The van der Waals surface area contributed by atoms with Gasteiger partial charge in [0.2, 0.25) is 6.43 Å². The molecule has 1 aliphatic heterocycles. The Labute approximate surface area is 63.5 Å². The van der Waals surface area contributed by atoms with Gasteiger partial charge in [0.25, 0.3) is 0 Å². The molecule has 0 spiro atoms. The minimum atomic E-state index is -3.09. The first-order valence-electron chi connectivity index (χ1n) is 3.10. The van der Waals surface area contributed by atoms with Crippen molar-refractivity contribution < 1.29 is 17.2 Å². The van der Waals surface area contributed by atoms with Gasteiger partial charge in [-0.25, -0.2) is 17.2 Å². The molecule has 0 aromatic rings. The van der Waals surface area contributed by atoms with E-state index in [1.54, 1.807) is 0 Å². The summed E-state index contributed by atoms with van der Waals surface area (Å²) in [7, 11) is -3.09. The second kappa shape index (κ2) is 2.38. The summed E-state index contributed by atoms with van der Waals surface area (Å²) in [5, 5.41) is 0. The molecule has 0 saturated carbocycles. The lowest BCUT2D eigenvalue weighted by Crippen LogP contribution is -2.62. The van der Waals surface area contributed by atoms with Crippen LogP contribution in [0.1, 0.15) is 6.42 Å². The van der Waals surface area contributed by atoms with Crippen molar-refractivity contribution in [1.29, 1.82) is 0 Å². The lowest BCUT2D eigenvalue weighted by atomic mass is 10.0. The fraction of sp³-hybridized carbons (Fsp3) is 1.00. The van der Waals surface area contributed by atoms with Gasteiger partial charge < -0.3 is 5.73 Å². The molecule has 0 amide bonds. The molecule has 3 nitrogen and oxygen atoms in total. The van der Waals surface area contributed by atoms with Crippen molar-refractivity contribution in [3.8, 4) is 0 Å². The minimum absolute atomic E-state index is 0.301. The third-order valence-corrected chi connectivity index (χ3v) is 3.61. The average molecular weight is 185 g/mol. The highest BCUT2D eigenvalue weighted by Crippen LogP contribution is 2.26. The molecule has 66 valence electrons. The highest BCUT2D eigenvalue weighted by molar-refractivity contribution is 7.93. The molecule has 0 atom stereocenters. The first-order valence-corrected chi connectivity index (χ1v) is 4.93. The zero-order chi connectivity index (χ0) is 8.70. The lowest BCUT2D eigenvalue weighted by Gasteiger charge is -2.36. The van der Waals surface area contributed by atoms with Crippen LogP contribution >= 0.6 is 0 Å². The van der Waals surface area contributed by atoms with Gasteiger partial charge in [0.1, 0.15) is 0 Å². The molecule has 0 unspecified atom stereocenters. The second-order valence-corrected chi connectivity index (χ2v) is 5.05. The summed E-state index contributed by atoms with van der Waals surface area (Å²) in [6, 6.07) is 0. The Morgan fingerprint density at radius 3 is 2.18 bits per heavy atom. The van der Waals surface area contributed by atoms with Crippen LogP contribution in [-0.2, 0) is 9.84 Å². The lowest BCUT2D eigenvalue weighted by molar-refractivity contribution is 0.111. The molecule has 1 aliphatic rings. The summed E-state index contributed by atoms with van der Waals surface area (Å²) in [5.41, 5.74) is 4.16. The summed E-state index contributed by atoms with van der Waals surface area (Å²) in [5.74, 6) is -0.602. The molecule has 11 heavy (non-hydrogen) atoms. The maximum Gasteiger partial charge on any atom is 0.240 e. The zero-order valence-corrected chi connectivity index (χ0v) is 6.57. The Kier molecular flexibility index (Phi) is 1.92. The minimum Gasteiger partial charge on any atom is -0.323 e. The molecule has 0 aliphatic carbocycles. The highest BCUT2D eigenvalue weighted by Gasteiger charge is 2.46. The predicted molar refractivity (Wildman–Crippen MR) is 36.2 cm³/mol. The summed E-state index contributed by atoms with van der Waals surface area (Å²) in [6.07, 6.45) is -3.04. The fourth-order valence-electron chi connectivity index (χ4n) is 1.26. The molecule has 1 saturated heterocycles. The van der Waals surface area contributed by atoms with Gasteiger partial charge in [-0.05, 0) is 0 Å². The monoisotopic (exact) mass is 185 g/mol. The molecule has 0 aromatic carbocycles. The van der Waals surface area contributed by atoms with Crippen molar-refractivity contribution in [2.24, 2.45) is 5.73 Å². The number of halogens is 2. The van der Waals surface area contributed by atoms with Gasteiger partial charge in [0, 0.05) is 12.0 Å². The van der Waals surface area contributed by atoms with Gasteiger partial charge in [-0.15, -0.1) is 0 Å². The van der Waals surface area contributed by atoms with Crippen molar-refractivity contribution in [2.75, 3.05) is 11.5 Å². The Hall–Kier alpha value is -0.230. The normalized spacial score (nSPS) is 26.5. The standard InChI is InChI=1S/C5H9F2NO2S/c6-4(7)1-5(8)2-11(9,10)3-5/h4H,1-3,8H2. The highest BCUT2D eigenvalue weighted by atomic mass is 32.2. The van der Waals surface area contributed by atoms with E-state index in [0.717, 1.165) is 0 Å². The third-order valence-electron chi connectivity index (χ3n) is 1.58. The smallest absolute Gasteiger partial charge is 0.240 e. The largest absolute Gasteiger partial charge is 0.323 e. The summed E-state index contributed by atoms with van der Waals surface area (Å²) in [6.45, 7) is 0. The SMILES string of the molecule is NC1(CC(F)F)CS(=O)(=O)C1. The molecule has 0 aromatic heterocycles. The van der Waals surface area contributed by atoms with Gasteiger partial charge in [-0.3, -0.25) is 0 Å². The van der Waals surface area contributed by atoms with Crippen LogP contribution in [0.15, 0.2) is 0 Å². The molecular formula is C5H9F2NO2S. The quantitative estimate of drug-likeness (QED) is 0.646. The van der Waals surface area contributed by atoms with Crippen molar-refractivity contribution in [2.45, 2.75) is 18.4 Å². The summed E-state index contributed by atoms with van der Waals surface area (Å²) in [4.78, 5) is 0. The van der Waals surface area contributed by atoms with E-state index in [2.05, 4.69) is 0 Å². The zero-order valence-electron chi connectivity index (χ0n) is 5.76. The molecule has 1 fully saturated rings. The van der Waals surface area contributed by atoms with Crippen molar-refractivity contribution in [3.63, 3.8) is 0 Å². The molecule has 2 N–H and O–H groups in total. The van der Waals surface area contributed by atoms with Gasteiger partial charge in [0.05, 0.1) is 11.5 Å². The molecule has 0 radical (unpaired) electrons. The van der Waals surface area contributed by atoms with E-state index in [1.165, 1.54) is 0 Å². The van der Waals surface area contributed by atoms with E-state index < -0.39 is 28.2 Å². The van der Waals surface area contributed by atoms with Gasteiger partial charge in [-0.1, -0.05) is 0 Å². The first kappa shape index (κ1) is 8.86. The van der Waals surface area contributed by atoms with Gasteiger partial charge in [-0.2, -0.15) is 0 Å². The van der Waals surface area contributed by atoms with E-state index in [1.807, 2.05) is 0 Å². The van der Waals surface area contributed by atoms with Crippen LogP contribution in [0.5, 0.6) is 0 Å². The second-order valence-electron chi connectivity index (χ2n) is 2.99. The van der Waals surface area contributed by atoms with E-state index in [4.69, 9.17) is 5.73 Å². The molecule has 0 bridgehead atoms. The molecule has 1 heterocycles. The maximum atomic E-state index is 11.7. The van der Waals surface area contributed by atoms with Gasteiger partial charge >= 0.3 is 0 Å². The van der Waals surface area contributed by atoms with Crippen molar-refractivity contribution >= 4 is 9.84 Å². The molecular weight excluding hydrogens is 176 g/mol. The van der Waals surface area contributed by atoms with Crippen LogP contribution in [0, 0.1) is 0 Å². The number of nitrogens with two attached hydrogens (primary N) is 1. The Bertz CT molecular complexity index is 237. The maximum absolute atomic E-state index is 11.7. The number of alkyl halides is 2. The molecule has 6 heteroatoms. The van der Waals surface area contributed by atoms with E-state index in [0.29, 0.717) is 0 Å². The Balaban J connectivity index is 2.50. The van der Waals surface area contributed by atoms with Crippen molar-refractivity contribution in [1.82, 2.24) is 0 Å². The third kappa shape index (κ3) is 2.10. The van der Waals surface area contributed by atoms with E-state index in [-0.39, 0.29) is 11.5 Å². The van der Waals surface area contributed by atoms with Crippen LogP contribution < -0.4 is 5.73 Å². The van der Waals surface area contributed by atoms with E-state index >= 15 is 0 Å². The van der Waals surface area contributed by atoms with Crippen LogP contribution in [0.2, 0.25) is 0 Å². The number of hydrogen-bond acceptors (Lipinski definition) is 3. The Morgan fingerprint density at radius 2 is 1.91 bits per heavy atom. The van der Waals surface area contributed by atoms with Crippen molar-refractivity contribution in [3.05, 3.63) is 0 Å². The van der Waals surface area contributed by atoms with Crippen LogP contribution in [0.3, 0.4) is 0 Å². The fourth-order valence-corrected chi connectivity index (χ4v) is 3.16. The molecule has 1 rings (SSSR count). The average Bonchev–Trinajstić information content (AvgIpc) is 1.52. The van der Waals surface area contributed by atoms with E-state index in [9.17, 15) is 17.2 Å². The predicted octanol–water partition coefficient (Wildman–Crippen LogP) is -0.233. The van der Waals surface area contributed by atoms with Crippen LogP contribution in [0.25, 0.3) is 0 Å². The summed E-state index contributed by atoms with van der Waals surface area (Å²) >= 11 is 0. The number of hydrogen-bond donors (Lipinski definition) is 1. The topological polar surface area (TPSA) is 60.2 Å². The Morgan fingerprint density at radius 1 is 1.45 bits per heavy atom. The van der Waals surface area contributed by atoms with Gasteiger partial charge in [0.15, 0.2) is 9.84 Å². The number of rotatable bonds is 2. The number of sulfone groups is 1. The van der Waals surface area contributed by atoms with Crippen LogP contribution in [0.4, 0.5) is 8.78 Å². The first-order chi connectivity index (χ1) is 4.83. The van der Waals surface area contributed by atoms with Crippen LogP contribution in [-0.4, -0.2) is 31.9 Å². The summed E-state index contributed by atoms with van der Waals surface area (Å²) < 4.78 is 44.6.